The van der Waals surface area contributed by atoms with Gasteiger partial charge in [-0.15, -0.1) is 0 Å². The minimum atomic E-state index is -0.821. The van der Waals surface area contributed by atoms with Gasteiger partial charge < -0.3 is 19.7 Å². The Labute approximate surface area is 94.4 Å². The lowest BCUT2D eigenvalue weighted by Crippen LogP contribution is -2.27. The van der Waals surface area contributed by atoms with Gasteiger partial charge in [-0.05, 0) is 5.56 Å². The van der Waals surface area contributed by atoms with Crippen molar-refractivity contribution in [2.75, 3.05) is 6.61 Å². The van der Waals surface area contributed by atoms with Crippen LogP contribution in [0.15, 0.2) is 30.3 Å². The highest BCUT2D eigenvalue weighted by atomic mass is 16.6. The summed E-state index contributed by atoms with van der Waals surface area (Å²) in [5, 5.41) is 18.3. The maximum absolute atomic E-state index is 9.28. The van der Waals surface area contributed by atoms with Gasteiger partial charge in [0.2, 0.25) is 0 Å². The van der Waals surface area contributed by atoms with Gasteiger partial charge in [-0.2, -0.15) is 0 Å². The summed E-state index contributed by atoms with van der Waals surface area (Å²) in [6, 6.07) is 9.78. The maximum atomic E-state index is 9.28. The molecule has 4 heteroatoms. The molecule has 0 radical (unpaired) electrons. The molecule has 1 aromatic rings. The van der Waals surface area contributed by atoms with Gasteiger partial charge >= 0.3 is 0 Å². The summed E-state index contributed by atoms with van der Waals surface area (Å²) in [4.78, 5) is 0. The maximum Gasteiger partial charge on any atom is 0.157 e. The number of benzene rings is 1. The third-order valence-electron chi connectivity index (χ3n) is 2.67. The van der Waals surface area contributed by atoms with Crippen LogP contribution in [-0.4, -0.2) is 35.3 Å². The van der Waals surface area contributed by atoms with E-state index in [1.165, 1.54) is 0 Å². The van der Waals surface area contributed by atoms with Crippen molar-refractivity contribution in [1.29, 1.82) is 0 Å². The van der Waals surface area contributed by atoms with E-state index >= 15 is 0 Å². The molecule has 16 heavy (non-hydrogen) atoms. The van der Waals surface area contributed by atoms with Crippen LogP contribution in [0.25, 0.3) is 0 Å². The van der Waals surface area contributed by atoms with E-state index in [4.69, 9.17) is 14.6 Å². The van der Waals surface area contributed by atoms with Crippen LogP contribution in [0.2, 0.25) is 0 Å². The first-order chi connectivity index (χ1) is 7.79. The molecule has 88 valence electrons. The van der Waals surface area contributed by atoms with Crippen molar-refractivity contribution >= 4 is 0 Å². The summed E-state index contributed by atoms with van der Waals surface area (Å²) in [5.74, 6) is 0. The van der Waals surface area contributed by atoms with Gasteiger partial charge in [0, 0.05) is 6.42 Å². The van der Waals surface area contributed by atoms with E-state index in [9.17, 15) is 5.11 Å². The fourth-order valence-electron chi connectivity index (χ4n) is 1.81. The minimum absolute atomic E-state index is 0.128. The van der Waals surface area contributed by atoms with E-state index in [1.807, 2.05) is 30.3 Å². The molecule has 0 saturated carbocycles. The zero-order valence-electron chi connectivity index (χ0n) is 8.95. The van der Waals surface area contributed by atoms with E-state index in [0.29, 0.717) is 13.0 Å². The molecule has 1 aromatic carbocycles. The Morgan fingerprint density at radius 3 is 2.75 bits per heavy atom. The Balaban J connectivity index is 1.86. The molecule has 2 N–H and O–H groups in total. The quantitative estimate of drug-likeness (QED) is 0.789. The van der Waals surface area contributed by atoms with Gasteiger partial charge in [-0.1, -0.05) is 30.3 Å². The molecule has 0 bridgehead atoms. The molecule has 0 aliphatic carbocycles. The third-order valence-corrected chi connectivity index (χ3v) is 2.67. The summed E-state index contributed by atoms with van der Waals surface area (Å²) in [7, 11) is 0. The van der Waals surface area contributed by atoms with Crippen LogP contribution in [0.3, 0.4) is 0 Å². The normalized spacial score (nSPS) is 29.5. The minimum Gasteiger partial charge on any atom is -0.394 e. The van der Waals surface area contributed by atoms with Crippen molar-refractivity contribution < 1.29 is 19.7 Å². The number of hydrogen-bond acceptors (Lipinski definition) is 4. The van der Waals surface area contributed by atoms with Crippen LogP contribution in [0.1, 0.15) is 12.0 Å². The zero-order chi connectivity index (χ0) is 11.4. The van der Waals surface area contributed by atoms with Crippen LogP contribution in [0.4, 0.5) is 0 Å². The van der Waals surface area contributed by atoms with Crippen LogP contribution < -0.4 is 0 Å². The molecule has 0 unspecified atom stereocenters. The Morgan fingerprint density at radius 1 is 1.31 bits per heavy atom. The summed E-state index contributed by atoms with van der Waals surface area (Å²) in [6.45, 7) is 0.342. The number of aliphatic hydroxyl groups excluding tert-OH is 2. The van der Waals surface area contributed by atoms with Gasteiger partial charge in [-0.25, -0.2) is 0 Å². The highest BCUT2D eigenvalue weighted by Crippen LogP contribution is 2.22. The third kappa shape index (κ3) is 2.80. The predicted molar refractivity (Wildman–Crippen MR) is 57.6 cm³/mol. The second-order valence-electron chi connectivity index (χ2n) is 3.88. The monoisotopic (exact) mass is 224 g/mol. The SMILES string of the molecule is OC[C@@H]1O[C@@H](O)C[C@@H]1OCc1ccccc1. The first-order valence-corrected chi connectivity index (χ1v) is 5.39. The lowest BCUT2D eigenvalue weighted by molar-refractivity contribution is -0.112. The molecule has 4 nitrogen and oxygen atoms in total. The van der Waals surface area contributed by atoms with Gasteiger partial charge in [0.15, 0.2) is 6.29 Å². The molecule has 1 heterocycles. The Kier molecular flexibility index (Phi) is 3.90. The lowest BCUT2D eigenvalue weighted by atomic mass is 10.2. The molecule has 1 aliphatic heterocycles. The first kappa shape index (κ1) is 11.5. The topological polar surface area (TPSA) is 58.9 Å². The van der Waals surface area contributed by atoms with Crippen molar-refractivity contribution in [3.8, 4) is 0 Å². The van der Waals surface area contributed by atoms with Crippen molar-refractivity contribution in [1.82, 2.24) is 0 Å². The summed E-state index contributed by atoms with van der Waals surface area (Å²) < 4.78 is 10.7. The van der Waals surface area contributed by atoms with Crippen molar-refractivity contribution in [2.45, 2.75) is 31.5 Å². The number of aliphatic hydroxyl groups is 2. The van der Waals surface area contributed by atoms with E-state index in [-0.39, 0.29) is 12.7 Å². The van der Waals surface area contributed by atoms with E-state index in [0.717, 1.165) is 5.56 Å². The molecule has 0 aromatic heterocycles. The number of rotatable bonds is 4. The van der Waals surface area contributed by atoms with Crippen molar-refractivity contribution in [2.24, 2.45) is 0 Å². The fourth-order valence-corrected chi connectivity index (χ4v) is 1.81. The molecule has 1 saturated heterocycles. The van der Waals surface area contributed by atoms with Gasteiger partial charge in [0.25, 0.3) is 0 Å². The summed E-state index contributed by atoms with van der Waals surface area (Å²) in [5.41, 5.74) is 1.07. The molecule has 0 amide bonds. The Morgan fingerprint density at radius 2 is 2.06 bits per heavy atom. The van der Waals surface area contributed by atoms with Crippen LogP contribution >= 0.6 is 0 Å². The van der Waals surface area contributed by atoms with E-state index in [1.54, 1.807) is 0 Å². The average molecular weight is 224 g/mol. The van der Waals surface area contributed by atoms with Crippen LogP contribution in [0.5, 0.6) is 0 Å². The van der Waals surface area contributed by atoms with Gasteiger partial charge in [0.1, 0.15) is 6.10 Å². The molecule has 1 aliphatic rings. The first-order valence-electron chi connectivity index (χ1n) is 5.39. The second kappa shape index (κ2) is 5.41. The number of hydrogen-bond donors (Lipinski definition) is 2. The zero-order valence-corrected chi connectivity index (χ0v) is 8.95. The molecular weight excluding hydrogens is 208 g/mol. The summed E-state index contributed by atoms with van der Waals surface area (Å²) in [6.07, 6.45) is -1.06. The highest BCUT2D eigenvalue weighted by molar-refractivity contribution is 5.13. The van der Waals surface area contributed by atoms with Crippen LogP contribution in [0, 0.1) is 0 Å². The van der Waals surface area contributed by atoms with E-state index in [2.05, 4.69) is 0 Å². The predicted octanol–water partition coefficient (Wildman–Crippen LogP) is 0.671. The molecule has 2 rings (SSSR count). The van der Waals surface area contributed by atoms with E-state index < -0.39 is 12.4 Å². The molecule has 3 atom stereocenters. The standard InChI is InChI=1S/C12H16O4/c13-7-11-10(6-12(14)16-11)15-8-9-4-2-1-3-5-9/h1-5,10-14H,6-8H2/t10-,11-,12+/m0/s1. The molecular formula is C12H16O4. The second-order valence-corrected chi connectivity index (χ2v) is 3.88. The molecule has 0 spiro atoms. The Bertz CT molecular complexity index is 314. The van der Waals surface area contributed by atoms with Gasteiger partial charge in [0.05, 0.1) is 19.3 Å². The van der Waals surface area contributed by atoms with Gasteiger partial charge in [-0.3, -0.25) is 0 Å². The van der Waals surface area contributed by atoms with Crippen LogP contribution in [-0.2, 0) is 16.1 Å². The van der Waals surface area contributed by atoms with Crippen molar-refractivity contribution in [3.05, 3.63) is 35.9 Å². The number of ether oxygens (including phenoxy) is 2. The lowest BCUT2D eigenvalue weighted by Gasteiger charge is -2.16. The van der Waals surface area contributed by atoms with Crippen molar-refractivity contribution in [3.63, 3.8) is 0 Å². The fraction of sp³-hybridized carbons (Fsp3) is 0.500. The molecule has 1 fully saturated rings. The average Bonchev–Trinajstić information content (AvgIpc) is 2.68. The summed E-state index contributed by atoms with van der Waals surface area (Å²) >= 11 is 0. The Hall–Kier alpha value is -0.940. The highest BCUT2D eigenvalue weighted by Gasteiger charge is 2.34. The smallest absolute Gasteiger partial charge is 0.157 e. The largest absolute Gasteiger partial charge is 0.394 e.